The molecule has 0 spiro atoms. The lowest BCUT2D eigenvalue weighted by atomic mass is 10.1. The first-order chi connectivity index (χ1) is 7.99. The third kappa shape index (κ3) is 3.02. The van der Waals surface area contributed by atoms with Crippen molar-refractivity contribution in [3.8, 4) is 11.6 Å². The van der Waals surface area contributed by atoms with E-state index in [0.29, 0.717) is 0 Å². The van der Waals surface area contributed by atoms with Gasteiger partial charge in [-0.25, -0.2) is 13.8 Å². The van der Waals surface area contributed by atoms with Gasteiger partial charge >= 0.3 is 5.97 Å². The molecule has 0 aliphatic carbocycles. The monoisotopic (exact) mass is 247 g/mol. The molecule has 1 rings (SSSR count). The van der Waals surface area contributed by atoms with Crippen LogP contribution in [0.3, 0.4) is 0 Å². The number of rotatable bonds is 5. The van der Waals surface area contributed by atoms with E-state index in [9.17, 15) is 13.6 Å². The van der Waals surface area contributed by atoms with Crippen molar-refractivity contribution < 1.29 is 28.2 Å². The van der Waals surface area contributed by atoms with Crippen LogP contribution in [0.15, 0.2) is 6.07 Å². The molecule has 0 saturated heterocycles. The van der Waals surface area contributed by atoms with E-state index in [4.69, 9.17) is 14.6 Å². The number of hydrogen-bond donors (Lipinski definition) is 1. The van der Waals surface area contributed by atoms with Crippen molar-refractivity contribution >= 4 is 5.97 Å². The average Bonchev–Trinajstić information content (AvgIpc) is 2.28. The normalized spacial score (nSPS) is 10.4. The quantitative estimate of drug-likeness (QED) is 0.857. The Labute approximate surface area is 96.0 Å². The summed E-state index contributed by atoms with van der Waals surface area (Å²) in [4.78, 5) is 14.2. The van der Waals surface area contributed by atoms with E-state index in [-0.39, 0.29) is 17.2 Å². The van der Waals surface area contributed by atoms with Crippen molar-refractivity contribution in [3.63, 3.8) is 0 Å². The number of nitrogens with zero attached hydrogens (tertiary/aromatic N) is 1. The second-order valence-electron chi connectivity index (χ2n) is 3.11. The number of aliphatic carboxylic acids is 1. The summed E-state index contributed by atoms with van der Waals surface area (Å²) >= 11 is 0. The van der Waals surface area contributed by atoms with Crippen LogP contribution in [0.2, 0.25) is 0 Å². The second kappa shape index (κ2) is 5.42. The Morgan fingerprint density at radius 1 is 1.47 bits per heavy atom. The van der Waals surface area contributed by atoms with Crippen molar-refractivity contribution in [2.24, 2.45) is 0 Å². The maximum absolute atomic E-state index is 12.5. The maximum Gasteiger partial charge on any atom is 0.308 e. The summed E-state index contributed by atoms with van der Waals surface area (Å²) in [6, 6.07) is 1.01. The van der Waals surface area contributed by atoms with Crippen LogP contribution in [0.4, 0.5) is 8.78 Å². The predicted molar refractivity (Wildman–Crippen MR) is 53.6 cm³/mol. The van der Waals surface area contributed by atoms with E-state index in [1.54, 1.807) is 0 Å². The molecule has 94 valence electrons. The molecule has 0 unspecified atom stereocenters. The molecule has 0 aliphatic rings. The van der Waals surface area contributed by atoms with Gasteiger partial charge in [0.1, 0.15) is 11.4 Å². The topological polar surface area (TPSA) is 68.7 Å². The highest BCUT2D eigenvalue weighted by Gasteiger charge is 2.20. The number of carbonyl (C=O) groups is 1. The summed E-state index contributed by atoms with van der Waals surface area (Å²) in [5.74, 6) is -1.27. The summed E-state index contributed by atoms with van der Waals surface area (Å²) in [6.45, 7) is 0. The van der Waals surface area contributed by atoms with Crippen LogP contribution in [-0.2, 0) is 11.2 Å². The van der Waals surface area contributed by atoms with Gasteiger partial charge in [0.15, 0.2) is 0 Å². The highest BCUT2D eigenvalue weighted by molar-refractivity contribution is 5.72. The molecule has 0 saturated carbocycles. The minimum Gasteiger partial charge on any atom is -0.496 e. The van der Waals surface area contributed by atoms with E-state index < -0.39 is 24.5 Å². The summed E-state index contributed by atoms with van der Waals surface area (Å²) in [5.41, 5.74) is -0.389. The van der Waals surface area contributed by atoms with Gasteiger partial charge in [-0.2, -0.15) is 0 Å². The highest BCUT2D eigenvalue weighted by Crippen LogP contribution is 2.31. The minimum absolute atomic E-state index is 0.0227. The van der Waals surface area contributed by atoms with Gasteiger partial charge in [0.25, 0.3) is 6.43 Å². The lowest BCUT2D eigenvalue weighted by Gasteiger charge is -2.12. The SMILES string of the molecule is COc1cc(C(F)F)nc(OC)c1CC(=O)O. The smallest absolute Gasteiger partial charge is 0.308 e. The van der Waals surface area contributed by atoms with Gasteiger partial charge < -0.3 is 14.6 Å². The molecule has 1 aromatic rings. The fourth-order valence-electron chi connectivity index (χ4n) is 1.32. The summed E-state index contributed by atoms with van der Waals surface area (Å²) in [6.07, 6.45) is -3.19. The fourth-order valence-corrected chi connectivity index (χ4v) is 1.32. The minimum atomic E-state index is -2.78. The molecule has 0 aliphatic heterocycles. The Morgan fingerprint density at radius 2 is 2.12 bits per heavy atom. The number of carboxylic acid groups (broad SMARTS) is 1. The van der Waals surface area contributed by atoms with Gasteiger partial charge in [-0.05, 0) is 0 Å². The van der Waals surface area contributed by atoms with E-state index in [1.165, 1.54) is 14.2 Å². The molecule has 5 nitrogen and oxygen atoms in total. The number of alkyl halides is 2. The van der Waals surface area contributed by atoms with Crippen LogP contribution >= 0.6 is 0 Å². The molecule has 7 heteroatoms. The Balaban J connectivity index is 3.30. The van der Waals surface area contributed by atoms with E-state index in [0.717, 1.165) is 6.07 Å². The number of ether oxygens (including phenoxy) is 2. The number of aromatic nitrogens is 1. The number of halogens is 2. The Bertz CT molecular complexity index is 398. The van der Waals surface area contributed by atoms with Crippen molar-refractivity contribution in [3.05, 3.63) is 17.3 Å². The van der Waals surface area contributed by atoms with Crippen molar-refractivity contribution in [2.75, 3.05) is 14.2 Å². The van der Waals surface area contributed by atoms with Gasteiger partial charge in [0, 0.05) is 6.07 Å². The molecule has 1 aromatic heterocycles. The number of methoxy groups -OCH3 is 2. The molecular weight excluding hydrogens is 236 g/mol. The fraction of sp³-hybridized carbons (Fsp3) is 0.400. The van der Waals surface area contributed by atoms with Crippen molar-refractivity contribution in [1.82, 2.24) is 4.98 Å². The van der Waals surface area contributed by atoms with Gasteiger partial charge in [-0.3, -0.25) is 4.79 Å². The lowest BCUT2D eigenvalue weighted by molar-refractivity contribution is -0.136. The average molecular weight is 247 g/mol. The van der Waals surface area contributed by atoms with E-state index >= 15 is 0 Å². The largest absolute Gasteiger partial charge is 0.496 e. The number of hydrogen-bond acceptors (Lipinski definition) is 4. The van der Waals surface area contributed by atoms with Crippen molar-refractivity contribution in [1.29, 1.82) is 0 Å². The molecule has 0 radical (unpaired) electrons. The number of carboxylic acids is 1. The van der Waals surface area contributed by atoms with Gasteiger partial charge in [0.2, 0.25) is 5.88 Å². The molecule has 0 amide bonds. The first kappa shape index (κ1) is 13.1. The zero-order valence-corrected chi connectivity index (χ0v) is 9.24. The maximum atomic E-state index is 12.5. The van der Waals surface area contributed by atoms with Crippen molar-refractivity contribution in [2.45, 2.75) is 12.8 Å². The summed E-state index contributed by atoms with van der Waals surface area (Å²) in [7, 11) is 2.48. The Hall–Kier alpha value is -1.92. The standard InChI is InChI=1S/C10H11F2NO4/c1-16-7-4-6(9(11)12)13-10(17-2)5(7)3-8(14)15/h4,9H,3H2,1-2H3,(H,14,15). The first-order valence-electron chi connectivity index (χ1n) is 4.61. The molecule has 0 bridgehead atoms. The van der Waals surface area contributed by atoms with Crippen LogP contribution in [0.5, 0.6) is 11.6 Å². The zero-order valence-electron chi connectivity index (χ0n) is 9.24. The molecule has 0 aromatic carbocycles. The zero-order chi connectivity index (χ0) is 13.0. The summed E-state index contributed by atoms with van der Waals surface area (Å²) < 4.78 is 34.7. The first-order valence-corrected chi connectivity index (χ1v) is 4.61. The Kier molecular flexibility index (Phi) is 4.19. The predicted octanol–water partition coefficient (Wildman–Crippen LogP) is 1.66. The highest BCUT2D eigenvalue weighted by atomic mass is 19.3. The second-order valence-corrected chi connectivity index (χ2v) is 3.11. The van der Waals surface area contributed by atoms with Crippen LogP contribution in [-0.4, -0.2) is 30.3 Å². The molecule has 1 heterocycles. The Morgan fingerprint density at radius 3 is 2.53 bits per heavy atom. The van der Waals surface area contributed by atoms with E-state index in [2.05, 4.69) is 4.98 Å². The summed E-state index contributed by atoms with van der Waals surface area (Å²) in [5, 5.41) is 8.70. The third-order valence-electron chi connectivity index (χ3n) is 2.03. The van der Waals surface area contributed by atoms with Crippen LogP contribution in [0, 0.1) is 0 Å². The van der Waals surface area contributed by atoms with Gasteiger partial charge in [-0.1, -0.05) is 0 Å². The van der Waals surface area contributed by atoms with Crippen LogP contribution in [0.25, 0.3) is 0 Å². The van der Waals surface area contributed by atoms with Gasteiger partial charge in [0.05, 0.1) is 26.2 Å². The van der Waals surface area contributed by atoms with Crippen LogP contribution in [0.1, 0.15) is 17.7 Å². The molecule has 17 heavy (non-hydrogen) atoms. The van der Waals surface area contributed by atoms with Gasteiger partial charge in [-0.15, -0.1) is 0 Å². The number of pyridine rings is 1. The third-order valence-corrected chi connectivity index (χ3v) is 2.03. The van der Waals surface area contributed by atoms with Crippen LogP contribution < -0.4 is 9.47 Å². The molecule has 0 fully saturated rings. The van der Waals surface area contributed by atoms with E-state index in [1.807, 2.05) is 0 Å². The lowest BCUT2D eigenvalue weighted by Crippen LogP contribution is -2.07. The molecular formula is C10H11F2NO4. The molecule has 0 atom stereocenters. The molecule has 1 N–H and O–H groups in total.